The summed E-state index contributed by atoms with van der Waals surface area (Å²) in [6.45, 7) is 1.97. The van der Waals surface area contributed by atoms with Crippen LogP contribution in [0.3, 0.4) is 0 Å². The number of rotatable bonds is 5. The van der Waals surface area contributed by atoms with E-state index in [-0.39, 0.29) is 6.42 Å². The van der Waals surface area contributed by atoms with Gasteiger partial charge in [0.05, 0.1) is 0 Å². The molecule has 2 N–H and O–H groups in total. The summed E-state index contributed by atoms with van der Waals surface area (Å²) in [5.74, 6) is -1.71. The molecule has 0 aromatic heterocycles. The van der Waals surface area contributed by atoms with Crippen molar-refractivity contribution in [1.82, 2.24) is 0 Å². The van der Waals surface area contributed by atoms with Crippen LogP contribution >= 0.6 is 7.60 Å². The molecule has 0 heterocycles. The van der Waals surface area contributed by atoms with Crippen LogP contribution in [-0.2, 0) is 9.67 Å². The van der Waals surface area contributed by atoms with E-state index in [4.69, 9.17) is 9.79 Å². The minimum absolute atomic E-state index is 0.0815. The lowest BCUT2D eigenvalue weighted by Gasteiger charge is -2.08. The summed E-state index contributed by atoms with van der Waals surface area (Å²) < 4.78 is 10.3. The average molecular weight is 181 g/mol. The van der Waals surface area contributed by atoms with Crippen molar-refractivity contribution in [1.29, 1.82) is 0 Å². The van der Waals surface area contributed by atoms with E-state index in [9.17, 15) is 9.67 Å². The van der Waals surface area contributed by atoms with Gasteiger partial charge in [0.1, 0.15) is 0 Å². The predicted molar refractivity (Wildman–Crippen MR) is 40.7 cm³/mol. The molecule has 0 aliphatic rings. The van der Waals surface area contributed by atoms with E-state index >= 15 is 0 Å². The lowest BCUT2D eigenvalue weighted by Crippen LogP contribution is -2.04. The Bertz CT molecular complexity index is 142. The molecule has 1 radical (unpaired) electrons. The zero-order chi connectivity index (χ0) is 8.91. The Labute approximate surface area is 66.4 Å². The van der Waals surface area contributed by atoms with Crippen molar-refractivity contribution in [3.05, 3.63) is 0 Å². The van der Waals surface area contributed by atoms with Gasteiger partial charge in [0, 0.05) is 0 Å². The van der Waals surface area contributed by atoms with Crippen molar-refractivity contribution >= 4 is 7.60 Å². The van der Waals surface area contributed by atoms with E-state index in [0.717, 1.165) is 12.8 Å². The number of hydrogen-bond acceptors (Lipinski definition) is 1. The van der Waals surface area contributed by atoms with Crippen LogP contribution < -0.4 is 0 Å². The molecule has 0 saturated carbocycles. The smallest absolute Gasteiger partial charge is 0.323 e. The van der Waals surface area contributed by atoms with Crippen LogP contribution in [0.25, 0.3) is 0 Å². The van der Waals surface area contributed by atoms with Crippen LogP contribution in [0.5, 0.6) is 0 Å². The van der Waals surface area contributed by atoms with Gasteiger partial charge in [0.25, 0.3) is 0 Å². The molecular weight excluding hydrogens is 167 g/mol. The Morgan fingerprint density at radius 3 is 2.27 bits per heavy atom. The molecule has 0 fully saturated rings. The Morgan fingerprint density at radius 2 is 1.91 bits per heavy atom. The second-order valence-corrected chi connectivity index (χ2v) is 4.29. The van der Waals surface area contributed by atoms with E-state index in [1.54, 1.807) is 0 Å². The predicted octanol–water partition coefficient (Wildman–Crippen LogP) is 1.50. The molecule has 0 aliphatic carbocycles. The minimum atomic E-state index is -4.35. The Morgan fingerprint density at radius 1 is 1.36 bits per heavy atom. The molecule has 0 aliphatic heterocycles. The highest BCUT2D eigenvalue weighted by molar-refractivity contribution is 7.52. The Balaban J connectivity index is 3.53. The van der Waals surface area contributed by atoms with Gasteiger partial charge in [-0.2, -0.15) is 0 Å². The summed E-state index contributed by atoms with van der Waals surface area (Å²) in [5, 5.41) is 10.7. The maximum atomic E-state index is 10.7. The number of hydrogen-bond donors (Lipinski definition) is 2. The highest BCUT2D eigenvalue weighted by Crippen LogP contribution is 2.42. The van der Waals surface area contributed by atoms with Crippen LogP contribution in [-0.4, -0.2) is 15.6 Å². The van der Waals surface area contributed by atoms with Gasteiger partial charge in [-0.15, -0.1) is 0 Å². The zero-order valence-corrected chi connectivity index (χ0v) is 7.46. The summed E-state index contributed by atoms with van der Waals surface area (Å²) in [4.78, 5) is 16.8. The van der Waals surface area contributed by atoms with E-state index in [2.05, 4.69) is 0 Å². The first-order chi connectivity index (χ1) is 4.98. The molecule has 11 heavy (non-hydrogen) atoms. The maximum Gasteiger partial charge on any atom is 0.357 e. The summed E-state index contributed by atoms with van der Waals surface area (Å²) >= 11 is 0. The first-order valence-corrected chi connectivity index (χ1v) is 5.37. The lowest BCUT2D eigenvalue weighted by molar-refractivity contribution is 0.116. The number of unbranched alkanes of at least 4 members (excludes halogenated alkanes) is 2. The van der Waals surface area contributed by atoms with E-state index < -0.39 is 13.4 Å². The SMILES string of the molecule is CCCCCC([O])P(=O)(O)O. The molecule has 4 nitrogen and oxygen atoms in total. The molecule has 0 rings (SSSR count). The molecule has 1 unspecified atom stereocenters. The van der Waals surface area contributed by atoms with Crippen molar-refractivity contribution in [2.24, 2.45) is 0 Å². The van der Waals surface area contributed by atoms with Gasteiger partial charge in [0.2, 0.25) is 0 Å². The maximum absolute atomic E-state index is 10.7. The van der Waals surface area contributed by atoms with Crippen LogP contribution in [0.15, 0.2) is 0 Å². The summed E-state index contributed by atoms with van der Waals surface area (Å²) in [5.41, 5.74) is 0. The molecule has 0 bridgehead atoms. The van der Waals surface area contributed by atoms with Crippen molar-refractivity contribution in [3.8, 4) is 0 Å². The van der Waals surface area contributed by atoms with E-state index in [0.29, 0.717) is 6.42 Å². The van der Waals surface area contributed by atoms with Crippen LogP contribution in [0, 0.1) is 0 Å². The molecule has 0 aromatic rings. The quantitative estimate of drug-likeness (QED) is 0.498. The fourth-order valence-corrected chi connectivity index (χ4v) is 1.26. The molecule has 0 aromatic carbocycles. The minimum Gasteiger partial charge on any atom is -0.323 e. The summed E-state index contributed by atoms with van der Waals surface area (Å²) in [6, 6.07) is 0. The van der Waals surface area contributed by atoms with Crippen molar-refractivity contribution in [2.45, 2.75) is 38.5 Å². The summed E-state index contributed by atoms with van der Waals surface area (Å²) in [6.07, 6.45) is 2.50. The fraction of sp³-hybridized carbons (Fsp3) is 1.00. The van der Waals surface area contributed by atoms with Gasteiger partial charge >= 0.3 is 7.60 Å². The zero-order valence-electron chi connectivity index (χ0n) is 6.56. The van der Waals surface area contributed by atoms with Crippen molar-refractivity contribution < 1.29 is 19.5 Å². The highest BCUT2D eigenvalue weighted by atomic mass is 31.2. The Hall–Kier alpha value is 0.110. The summed E-state index contributed by atoms with van der Waals surface area (Å²) in [7, 11) is -4.35. The van der Waals surface area contributed by atoms with Gasteiger partial charge in [-0.05, 0) is 6.42 Å². The lowest BCUT2D eigenvalue weighted by atomic mass is 10.2. The highest BCUT2D eigenvalue weighted by Gasteiger charge is 2.26. The third-order valence-corrected chi connectivity index (χ3v) is 2.44. The van der Waals surface area contributed by atoms with Gasteiger partial charge < -0.3 is 9.79 Å². The molecule has 1 atom stereocenters. The first-order valence-electron chi connectivity index (χ1n) is 3.69. The van der Waals surface area contributed by atoms with Gasteiger partial charge in [-0.3, -0.25) is 4.57 Å². The van der Waals surface area contributed by atoms with Crippen molar-refractivity contribution in [2.75, 3.05) is 0 Å². The molecule has 0 saturated heterocycles. The fourth-order valence-electron chi connectivity index (χ4n) is 0.737. The van der Waals surface area contributed by atoms with E-state index in [1.807, 2.05) is 6.92 Å². The van der Waals surface area contributed by atoms with Crippen LogP contribution in [0.1, 0.15) is 32.6 Å². The first kappa shape index (κ1) is 11.1. The largest absolute Gasteiger partial charge is 0.357 e. The molecule has 0 amide bonds. The third kappa shape index (κ3) is 5.39. The van der Waals surface area contributed by atoms with Gasteiger partial charge in [-0.1, -0.05) is 26.2 Å². The second-order valence-electron chi connectivity index (χ2n) is 2.54. The third-order valence-electron chi connectivity index (χ3n) is 1.43. The molecule has 0 spiro atoms. The van der Waals surface area contributed by atoms with Crippen LogP contribution in [0.2, 0.25) is 0 Å². The van der Waals surface area contributed by atoms with Gasteiger partial charge in [0.15, 0.2) is 5.85 Å². The van der Waals surface area contributed by atoms with Crippen LogP contribution in [0.4, 0.5) is 0 Å². The Kier molecular flexibility index (Phi) is 4.93. The monoisotopic (exact) mass is 181 g/mol. The van der Waals surface area contributed by atoms with Crippen molar-refractivity contribution in [3.63, 3.8) is 0 Å². The standard InChI is InChI=1S/C6H14O4P/c1-2-3-4-5-6(7)11(8,9)10/h6H,2-5H2,1H3,(H2,8,9,10). The van der Waals surface area contributed by atoms with E-state index in [1.165, 1.54) is 0 Å². The topological polar surface area (TPSA) is 77.4 Å². The molecule has 67 valence electrons. The average Bonchev–Trinajstić information content (AvgIpc) is 1.86. The van der Waals surface area contributed by atoms with Gasteiger partial charge in [-0.25, -0.2) is 5.11 Å². The normalized spacial score (nSPS) is 14.9. The molecule has 5 heteroatoms. The molecular formula is C6H14O4P. The second kappa shape index (κ2) is 4.88.